The number of aliphatic hydroxyl groups excluding tert-OH is 1. The van der Waals surface area contributed by atoms with Gasteiger partial charge in [0.05, 0.1) is 40.1 Å². The van der Waals surface area contributed by atoms with Crippen LogP contribution in [-0.4, -0.2) is 77.2 Å². The van der Waals surface area contributed by atoms with Crippen molar-refractivity contribution < 1.29 is 39.0 Å². The number of phenols is 1. The summed E-state index contributed by atoms with van der Waals surface area (Å²) in [6.07, 6.45) is 2.86. The maximum Gasteiger partial charge on any atom is 0.349 e. The first-order chi connectivity index (χ1) is 25.6. The third-order valence-corrected chi connectivity index (χ3v) is 12.0. The molecule has 0 radical (unpaired) electrons. The number of halogens is 2. The Labute approximate surface area is 325 Å². The molecular weight excluding hydrogens is 757 g/mol. The van der Waals surface area contributed by atoms with Crippen LogP contribution in [0, 0.1) is 0 Å². The minimum Gasteiger partial charge on any atom is -0.506 e. The molecule has 0 saturated heterocycles. The molecule has 0 bridgehead atoms. The van der Waals surface area contributed by atoms with Gasteiger partial charge in [0.2, 0.25) is 11.2 Å². The lowest BCUT2D eigenvalue weighted by atomic mass is 9.91. The van der Waals surface area contributed by atoms with Crippen LogP contribution in [0.3, 0.4) is 0 Å². The van der Waals surface area contributed by atoms with Gasteiger partial charge < -0.3 is 44.7 Å². The van der Waals surface area contributed by atoms with E-state index in [1.807, 2.05) is 22.9 Å². The van der Waals surface area contributed by atoms with Crippen molar-refractivity contribution in [1.29, 1.82) is 0 Å². The van der Waals surface area contributed by atoms with Crippen molar-refractivity contribution in [2.75, 3.05) is 33.9 Å². The summed E-state index contributed by atoms with van der Waals surface area (Å²) in [5.41, 5.74) is -0.486. The van der Waals surface area contributed by atoms with Gasteiger partial charge in [-0.1, -0.05) is 29.8 Å². The highest BCUT2D eigenvalue weighted by atomic mass is 35.5. The molecule has 1 fully saturated rings. The van der Waals surface area contributed by atoms with Gasteiger partial charge in [-0.25, -0.2) is 4.79 Å². The SMILES string of the molecule is COc1cc(OCCCN(C)C2CCC(OC(=O)C(O)(c3cccs3)c3cccs3)CC2)c(Cl)cc1CNC[C@H](O)c1ccc(O)c2[nH]c(=O)ccc12.F. The number of ether oxygens (including phenoxy) is 3. The molecule has 54 heavy (non-hydrogen) atoms. The molecule has 11 nitrogen and oxygen atoms in total. The lowest BCUT2D eigenvalue weighted by molar-refractivity contribution is -0.169. The molecule has 0 unspecified atom stereocenters. The number of aromatic hydroxyl groups is 1. The molecule has 3 aromatic heterocycles. The Kier molecular flexibility index (Phi) is 14.1. The number of aliphatic hydroxyl groups is 2. The maximum absolute atomic E-state index is 13.4. The molecular formula is C39H45ClFN3O8S2. The van der Waals surface area contributed by atoms with E-state index in [0.29, 0.717) is 56.4 Å². The number of carbonyl (C=O) groups excluding carboxylic acids is 1. The fraction of sp³-hybridized carbons (Fsp3) is 0.385. The van der Waals surface area contributed by atoms with Crippen LogP contribution in [0.25, 0.3) is 10.9 Å². The van der Waals surface area contributed by atoms with Crippen LogP contribution in [0.2, 0.25) is 5.02 Å². The first-order valence-electron chi connectivity index (χ1n) is 17.5. The largest absolute Gasteiger partial charge is 0.506 e. The lowest BCUT2D eigenvalue weighted by Gasteiger charge is -2.35. The average Bonchev–Trinajstić information content (AvgIpc) is 3.91. The molecule has 1 atom stereocenters. The van der Waals surface area contributed by atoms with Crippen LogP contribution in [0.1, 0.15) is 59.1 Å². The maximum atomic E-state index is 13.4. The summed E-state index contributed by atoms with van der Waals surface area (Å²) >= 11 is 9.30. The number of rotatable bonds is 16. The fourth-order valence-electron chi connectivity index (χ4n) is 6.83. The van der Waals surface area contributed by atoms with Crippen molar-refractivity contribution in [3.8, 4) is 17.2 Å². The van der Waals surface area contributed by atoms with E-state index in [9.17, 15) is 24.9 Å². The summed E-state index contributed by atoms with van der Waals surface area (Å²) < 4.78 is 17.6. The molecule has 6 rings (SSSR count). The number of carbonyl (C=O) groups is 1. The van der Waals surface area contributed by atoms with E-state index in [4.69, 9.17) is 25.8 Å². The predicted molar refractivity (Wildman–Crippen MR) is 210 cm³/mol. The van der Waals surface area contributed by atoms with Crippen LogP contribution < -0.4 is 20.3 Å². The number of H-pyrrole nitrogens is 1. The van der Waals surface area contributed by atoms with Gasteiger partial charge in [0.1, 0.15) is 23.4 Å². The number of methoxy groups -OCH3 is 1. The summed E-state index contributed by atoms with van der Waals surface area (Å²) in [5, 5.41) is 40.5. The number of esters is 1. The minimum absolute atomic E-state index is 0. The minimum atomic E-state index is -1.79. The van der Waals surface area contributed by atoms with Crippen molar-refractivity contribution in [2.45, 2.75) is 62.5 Å². The number of nitrogens with zero attached hydrogens (tertiary/aromatic N) is 1. The van der Waals surface area contributed by atoms with E-state index >= 15 is 0 Å². The Morgan fingerprint density at radius 2 is 1.76 bits per heavy atom. The summed E-state index contributed by atoms with van der Waals surface area (Å²) in [6.45, 7) is 1.84. The van der Waals surface area contributed by atoms with E-state index in [-0.39, 0.29) is 34.2 Å². The van der Waals surface area contributed by atoms with Crippen molar-refractivity contribution in [1.82, 2.24) is 15.2 Å². The first-order valence-corrected chi connectivity index (χ1v) is 19.7. The number of pyridine rings is 1. The van der Waals surface area contributed by atoms with Gasteiger partial charge in [-0.2, -0.15) is 0 Å². The third kappa shape index (κ3) is 9.25. The van der Waals surface area contributed by atoms with Crippen LogP contribution in [0.4, 0.5) is 4.70 Å². The first kappa shape index (κ1) is 41.1. The molecule has 1 aliphatic rings. The molecule has 290 valence electrons. The van der Waals surface area contributed by atoms with Gasteiger partial charge in [-0.05, 0) is 85.8 Å². The average molecular weight is 802 g/mol. The fourth-order valence-corrected chi connectivity index (χ4v) is 8.78. The number of hydrogen-bond donors (Lipinski definition) is 5. The van der Waals surface area contributed by atoms with E-state index in [1.165, 1.54) is 34.8 Å². The highest BCUT2D eigenvalue weighted by Crippen LogP contribution is 2.38. The number of aromatic nitrogens is 1. The molecule has 5 aromatic rings. The molecule has 15 heteroatoms. The number of thiophene rings is 2. The van der Waals surface area contributed by atoms with Gasteiger partial charge in [0, 0.05) is 48.8 Å². The smallest absolute Gasteiger partial charge is 0.349 e. The number of phenolic OH excluding ortho intramolecular Hbond substituents is 1. The molecule has 0 spiro atoms. The van der Waals surface area contributed by atoms with Gasteiger partial charge in [-0.15, -0.1) is 22.7 Å². The lowest BCUT2D eigenvalue weighted by Crippen LogP contribution is -2.42. The molecule has 1 saturated carbocycles. The molecule has 5 N–H and O–H groups in total. The number of benzene rings is 2. The summed E-state index contributed by atoms with van der Waals surface area (Å²) in [6, 6.07) is 17.1. The Hall–Kier alpha value is -4.02. The summed E-state index contributed by atoms with van der Waals surface area (Å²) in [4.78, 5) is 31.1. The highest BCUT2D eigenvalue weighted by Gasteiger charge is 2.45. The van der Waals surface area contributed by atoms with Crippen molar-refractivity contribution in [3.05, 3.63) is 108 Å². The second-order valence-corrected chi connectivity index (χ2v) is 15.5. The topological polar surface area (TPSA) is 154 Å². The second kappa shape index (κ2) is 18.5. The monoisotopic (exact) mass is 801 g/mol. The van der Waals surface area contributed by atoms with Gasteiger partial charge in [0.15, 0.2) is 0 Å². The van der Waals surface area contributed by atoms with Crippen molar-refractivity contribution in [3.63, 3.8) is 0 Å². The molecule has 1 aliphatic carbocycles. The number of fused-ring (bicyclic) bond motifs is 1. The Morgan fingerprint density at radius 1 is 1.06 bits per heavy atom. The molecule has 2 aromatic carbocycles. The molecule has 0 aliphatic heterocycles. The van der Waals surface area contributed by atoms with E-state index in [0.717, 1.165) is 44.2 Å². The zero-order valence-corrected chi connectivity index (χ0v) is 32.3. The number of nitrogens with one attached hydrogen (secondary N) is 2. The zero-order valence-electron chi connectivity index (χ0n) is 30.0. The quantitative estimate of drug-likeness (QED) is 0.0554. The predicted octanol–water partition coefficient (Wildman–Crippen LogP) is 6.49. The van der Waals surface area contributed by atoms with E-state index in [1.54, 1.807) is 43.5 Å². The van der Waals surface area contributed by atoms with E-state index < -0.39 is 17.7 Å². The van der Waals surface area contributed by atoms with Crippen LogP contribution >= 0.6 is 34.3 Å². The van der Waals surface area contributed by atoms with Crippen LogP contribution in [0.5, 0.6) is 17.2 Å². The second-order valence-electron chi connectivity index (χ2n) is 13.2. The summed E-state index contributed by atoms with van der Waals surface area (Å²) in [7, 11) is 3.68. The standard InChI is InChI=1S/C39H44ClN3O8S2.FH/c1-43(25-8-10-26(11-9-25)51-38(47)39(48,34-6-3-18-52-34)35-7-4-19-53-35)16-5-17-50-33-21-32(49-2)24(20-29(33)40)22-41-23-31(45)27-12-14-30(44)37-28(27)13-15-36(46)42-37;/h3-4,6-7,12-15,18-21,25-26,31,41,44-45,48H,5,8-11,16-17,22-23H2,1-2H3,(H,42,46);1H/t25?,26?,31-;/m0./s1. The Balaban J connectivity index is 0.00000561. The highest BCUT2D eigenvalue weighted by molar-refractivity contribution is 7.12. The third-order valence-electron chi connectivity index (χ3n) is 9.76. The normalized spacial score (nSPS) is 16.6. The Bertz CT molecular complexity index is 2000. The molecule has 3 heterocycles. The van der Waals surface area contributed by atoms with Crippen molar-refractivity contribution in [2.24, 2.45) is 0 Å². The van der Waals surface area contributed by atoms with Crippen molar-refractivity contribution >= 4 is 51.1 Å². The van der Waals surface area contributed by atoms with Gasteiger partial charge in [-0.3, -0.25) is 9.50 Å². The summed E-state index contributed by atoms with van der Waals surface area (Å²) in [5.74, 6) is 0.435. The molecule has 0 amide bonds. The van der Waals surface area contributed by atoms with Crippen LogP contribution in [-0.2, 0) is 21.7 Å². The number of hydrogen-bond acceptors (Lipinski definition) is 12. The van der Waals surface area contributed by atoms with Crippen LogP contribution in [0.15, 0.2) is 76.2 Å². The number of aromatic amines is 1. The van der Waals surface area contributed by atoms with Gasteiger partial charge >= 0.3 is 5.97 Å². The van der Waals surface area contributed by atoms with E-state index in [2.05, 4.69) is 22.2 Å². The van der Waals surface area contributed by atoms with Gasteiger partial charge in [0.25, 0.3) is 0 Å². The zero-order chi connectivity index (χ0) is 37.5. The Morgan fingerprint density at radius 3 is 2.41 bits per heavy atom.